The molecule has 1 heterocycles. The van der Waals surface area contributed by atoms with Crippen molar-refractivity contribution in [3.05, 3.63) is 59.4 Å². The Morgan fingerprint density at radius 1 is 1.16 bits per heavy atom. The molecule has 3 aromatic rings. The first-order valence-electron chi connectivity index (χ1n) is 7.61. The minimum absolute atomic E-state index is 0.114. The number of hydrogen-bond acceptors (Lipinski definition) is 5. The third-order valence-corrected chi connectivity index (χ3v) is 4.16. The Bertz CT molecular complexity index is 873. The summed E-state index contributed by atoms with van der Waals surface area (Å²) in [4.78, 5) is 16.3. The van der Waals surface area contributed by atoms with E-state index < -0.39 is 0 Å². The number of aryl methyl sites for hydroxylation is 2. The van der Waals surface area contributed by atoms with E-state index in [1.165, 1.54) is 12.1 Å². The number of nitrogens with one attached hydrogen (secondary N) is 1. The molecule has 0 aliphatic carbocycles. The quantitative estimate of drug-likeness (QED) is 0.750. The molecule has 0 bridgehead atoms. The zero-order valence-electron chi connectivity index (χ0n) is 13.7. The molecule has 0 aliphatic heterocycles. The minimum atomic E-state index is -0.323. The van der Waals surface area contributed by atoms with Gasteiger partial charge in [-0.3, -0.25) is 10.1 Å². The molecule has 0 atom stereocenters. The zero-order valence-corrected chi connectivity index (χ0v) is 14.6. The summed E-state index contributed by atoms with van der Waals surface area (Å²) in [5, 5.41) is 3.03. The molecule has 0 unspecified atom stereocenters. The first-order valence-corrected chi connectivity index (χ1v) is 8.39. The van der Waals surface area contributed by atoms with Crippen LogP contribution in [0.15, 0.2) is 42.5 Å². The molecule has 0 saturated carbocycles. The molecule has 0 saturated heterocycles. The van der Waals surface area contributed by atoms with Gasteiger partial charge in [0, 0.05) is 17.1 Å². The summed E-state index contributed by atoms with van der Waals surface area (Å²) in [5.41, 5.74) is 2.63. The molecule has 2 aromatic carbocycles. The largest absolute Gasteiger partial charge is 0.483 e. The van der Waals surface area contributed by atoms with Crippen molar-refractivity contribution in [2.75, 3.05) is 11.9 Å². The summed E-state index contributed by atoms with van der Waals surface area (Å²) in [6.07, 6.45) is 0. The number of rotatable bonds is 5. The van der Waals surface area contributed by atoms with Crippen LogP contribution < -0.4 is 10.1 Å². The van der Waals surface area contributed by atoms with Gasteiger partial charge in [-0.15, -0.1) is 0 Å². The fraction of sp³-hybridized carbons (Fsp3) is 0.167. The average molecular weight is 357 g/mol. The van der Waals surface area contributed by atoms with Crippen LogP contribution in [-0.4, -0.2) is 21.9 Å². The van der Waals surface area contributed by atoms with Gasteiger partial charge in [-0.1, -0.05) is 18.2 Å². The third-order valence-electron chi connectivity index (χ3n) is 3.53. The van der Waals surface area contributed by atoms with Gasteiger partial charge in [-0.2, -0.15) is 9.36 Å². The van der Waals surface area contributed by atoms with Crippen molar-refractivity contribution >= 4 is 22.6 Å². The minimum Gasteiger partial charge on any atom is -0.483 e. The number of halogens is 1. The van der Waals surface area contributed by atoms with Crippen molar-refractivity contribution in [2.45, 2.75) is 13.8 Å². The van der Waals surface area contributed by atoms with Gasteiger partial charge in [-0.25, -0.2) is 4.39 Å². The summed E-state index contributed by atoms with van der Waals surface area (Å²) in [5.74, 6) is 0.512. The van der Waals surface area contributed by atoms with Crippen molar-refractivity contribution < 1.29 is 13.9 Å². The second kappa shape index (κ2) is 7.40. The Hall–Kier alpha value is -2.80. The lowest BCUT2D eigenvalue weighted by Crippen LogP contribution is -2.20. The predicted octanol–water partition coefficient (Wildman–Crippen LogP) is 3.98. The predicted molar refractivity (Wildman–Crippen MR) is 95.3 cm³/mol. The maximum absolute atomic E-state index is 13.0. The molecule has 0 aliphatic rings. The number of carbonyl (C=O) groups excluding carboxylic acids is 1. The van der Waals surface area contributed by atoms with Crippen molar-refractivity contribution in [3.8, 4) is 17.1 Å². The van der Waals surface area contributed by atoms with Crippen molar-refractivity contribution in [3.63, 3.8) is 0 Å². The van der Waals surface area contributed by atoms with Crippen LogP contribution in [0.3, 0.4) is 0 Å². The average Bonchev–Trinajstić information content (AvgIpc) is 3.03. The SMILES string of the molecule is Cc1cccc(C)c1OCC(=O)Nc1nc(-c2ccc(F)cc2)ns1. The third kappa shape index (κ3) is 4.19. The molecular weight excluding hydrogens is 341 g/mol. The van der Waals surface area contributed by atoms with Crippen molar-refractivity contribution in [1.82, 2.24) is 9.36 Å². The lowest BCUT2D eigenvalue weighted by molar-refractivity contribution is -0.118. The molecular formula is C18H16FN3O2S. The second-order valence-electron chi connectivity index (χ2n) is 5.49. The summed E-state index contributed by atoms with van der Waals surface area (Å²) < 4.78 is 22.7. The first kappa shape index (κ1) is 17.0. The molecule has 0 radical (unpaired) electrons. The van der Waals surface area contributed by atoms with E-state index in [1.54, 1.807) is 12.1 Å². The molecule has 3 rings (SSSR count). The first-order chi connectivity index (χ1) is 12.0. The van der Waals surface area contributed by atoms with E-state index in [0.717, 1.165) is 22.7 Å². The van der Waals surface area contributed by atoms with E-state index in [4.69, 9.17) is 4.74 Å². The number of para-hydroxylation sites is 1. The van der Waals surface area contributed by atoms with Crippen LogP contribution in [0.5, 0.6) is 5.75 Å². The van der Waals surface area contributed by atoms with Gasteiger partial charge in [0.25, 0.3) is 5.91 Å². The van der Waals surface area contributed by atoms with Gasteiger partial charge in [0.05, 0.1) is 0 Å². The number of aromatic nitrogens is 2. The highest BCUT2D eigenvalue weighted by atomic mass is 32.1. The van der Waals surface area contributed by atoms with E-state index in [9.17, 15) is 9.18 Å². The van der Waals surface area contributed by atoms with Crippen molar-refractivity contribution in [2.24, 2.45) is 0 Å². The van der Waals surface area contributed by atoms with E-state index in [-0.39, 0.29) is 18.3 Å². The molecule has 0 spiro atoms. The van der Waals surface area contributed by atoms with Gasteiger partial charge in [0.1, 0.15) is 11.6 Å². The van der Waals surface area contributed by atoms with Crippen LogP contribution in [0.2, 0.25) is 0 Å². The maximum Gasteiger partial charge on any atom is 0.264 e. The normalized spacial score (nSPS) is 10.5. The highest BCUT2D eigenvalue weighted by molar-refractivity contribution is 7.10. The van der Waals surface area contributed by atoms with Crippen LogP contribution in [0.1, 0.15) is 11.1 Å². The van der Waals surface area contributed by atoms with Crippen LogP contribution in [-0.2, 0) is 4.79 Å². The van der Waals surface area contributed by atoms with Gasteiger partial charge in [0.15, 0.2) is 12.4 Å². The fourth-order valence-corrected chi connectivity index (χ4v) is 2.92. The summed E-state index contributed by atoms with van der Waals surface area (Å²) in [6, 6.07) is 11.7. The highest BCUT2D eigenvalue weighted by Crippen LogP contribution is 2.23. The number of ether oxygens (including phenoxy) is 1. The van der Waals surface area contributed by atoms with Crippen molar-refractivity contribution in [1.29, 1.82) is 0 Å². The van der Waals surface area contributed by atoms with Crippen LogP contribution in [0.4, 0.5) is 9.52 Å². The number of carbonyl (C=O) groups is 1. The van der Waals surface area contributed by atoms with Gasteiger partial charge < -0.3 is 4.74 Å². The van der Waals surface area contributed by atoms with E-state index in [0.29, 0.717) is 22.3 Å². The zero-order chi connectivity index (χ0) is 17.8. The number of amides is 1. The molecule has 1 amide bonds. The second-order valence-corrected chi connectivity index (χ2v) is 6.24. The molecule has 7 heteroatoms. The maximum atomic E-state index is 13.0. The number of anilines is 1. The van der Waals surface area contributed by atoms with Crippen LogP contribution in [0, 0.1) is 19.7 Å². The molecule has 128 valence electrons. The van der Waals surface area contributed by atoms with E-state index in [1.807, 2.05) is 32.0 Å². The molecule has 25 heavy (non-hydrogen) atoms. The number of benzene rings is 2. The smallest absolute Gasteiger partial charge is 0.264 e. The Labute approximate surface area is 148 Å². The lowest BCUT2D eigenvalue weighted by Gasteiger charge is -2.11. The summed E-state index contributed by atoms with van der Waals surface area (Å²) in [7, 11) is 0. The van der Waals surface area contributed by atoms with Crippen LogP contribution in [0.25, 0.3) is 11.4 Å². The molecule has 1 N–H and O–H groups in total. The van der Waals surface area contributed by atoms with Gasteiger partial charge in [-0.05, 0) is 49.2 Å². The van der Waals surface area contributed by atoms with E-state index in [2.05, 4.69) is 14.7 Å². The monoisotopic (exact) mass is 357 g/mol. The number of hydrogen-bond donors (Lipinski definition) is 1. The Morgan fingerprint density at radius 3 is 2.52 bits per heavy atom. The van der Waals surface area contributed by atoms with Gasteiger partial charge in [0.2, 0.25) is 5.13 Å². The summed E-state index contributed by atoms with van der Waals surface area (Å²) in [6.45, 7) is 3.75. The molecule has 0 fully saturated rings. The summed E-state index contributed by atoms with van der Waals surface area (Å²) >= 11 is 1.06. The Kier molecular flexibility index (Phi) is 5.04. The highest BCUT2D eigenvalue weighted by Gasteiger charge is 2.11. The lowest BCUT2D eigenvalue weighted by atomic mass is 10.1. The van der Waals surface area contributed by atoms with E-state index >= 15 is 0 Å². The van der Waals surface area contributed by atoms with Crippen LogP contribution >= 0.6 is 11.5 Å². The number of nitrogens with zero attached hydrogens (tertiary/aromatic N) is 2. The standard InChI is InChI=1S/C18H16FN3O2S/c1-11-4-3-5-12(2)16(11)24-10-15(23)20-18-21-17(22-25-18)13-6-8-14(19)9-7-13/h3-9H,10H2,1-2H3,(H,20,21,22,23). The Balaban J connectivity index is 1.61. The Morgan fingerprint density at radius 2 is 1.84 bits per heavy atom. The fourth-order valence-electron chi connectivity index (χ4n) is 2.31. The molecule has 5 nitrogen and oxygen atoms in total. The van der Waals surface area contributed by atoms with Gasteiger partial charge >= 0.3 is 0 Å². The topological polar surface area (TPSA) is 64.1 Å². The molecule has 1 aromatic heterocycles.